The molecule has 1 aromatic carbocycles. The Balaban J connectivity index is 1.73. The fraction of sp³-hybridized carbons (Fsp3) is 0.591. The van der Waals surface area contributed by atoms with Crippen molar-refractivity contribution >= 4 is 33.6 Å². The van der Waals surface area contributed by atoms with Gasteiger partial charge in [-0.25, -0.2) is 12.7 Å². The molecule has 0 aliphatic carbocycles. The van der Waals surface area contributed by atoms with Crippen LogP contribution in [0.25, 0.3) is 0 Å². The third-order valence-electron chi connectivity index (χ3n) is 6.44. The lowest BCUT2D eigenvalue weighted by atomic mass is 10.0. The number of aryl methyl sites for hydroxylation is 1. The van der Waals surface area contributed by atoms with Crippen molar-refractivity contribution in [3.63, 3.8) is 0 Å². The molecule has 2 saturated heterocycles. The Morgan fingerprint density at radius 2 is 1.33 bits per heavy atom. The predicted octanol–water partition coefficient (Wildman–Crippen LogP) is -1.10. The number of aromatic nitrogens is 3. The van der Waals surface area contributed by atoms with E-state index in [9.17, 15) is 8.42 Å². The molecule has 3 heterocycles. The standard InChI is InChI=1S/C22H37N11O2S/c1-13-4-5-18(36(34,35)31(2)3)8-19(13)27-20-28-21(32-9-14(23)6-15(24)10-32)30-22(29-20)33-11-16(25)7-17(26)12-33/h4-5,8,14-17H,6-7,9-12,23-26H2,1-3H3,(H,27,28,29,30)/t14-,15+,16-,17+. The second-order valence-electron chi connectivity index (χ2n) is 9.97. The largest absolute Gasteiger partial charge is 0.338 e. The van der Waals surface area contributed by atoms with Crippen LogP contribution in [0.3, 0.4) is 0 Å². The summed E-state index contributed by atoms with van der Waals surface area (Å²) in [7, 11) is -0.626. The van der Waals surface area contributed by atoms with E-state index in [0.717, 1.165) is 18.4 Å². The highest BCUT2D eigenvalue weighted by molar-refractivity contribution is 7.89. The average molecular weight is 520 g/mol. The van der Waals surface area contributed by atoms with Gasteiger partial charge < -0.3 is 38.1 Å². The van der Waals surface area contributed by atoms with Gasteiger partial charge in [-0.1, -0.05) is 6.07 Å². The molecule has 0 spiro atoms. The van der Waals surface area contributed by atoms with Gasteiger partial charge in [0, 0.05) is 70.1 Å². The molecule has 36 heavy (non-hydrogen) atoms. The molecule has 2 aliphatic heterocycles. The summed E-state index contributed by atoms with van der Waals surface area (Å²) in [5.41, 5.74) is 26.3. The number of hydrogen-bond acceptors (Lipinski definition) is 12. The number of piperidine rings is 2. The number of hydrogen-bond donors (Lipinski definition) is 5. The van der Waals surface area contributed by atoms with Crippen molar-refractivity contribution in [2.45, 2.75) is 48.8 Å². The summed E-state index contributed by atoms with van der Waals surface area (Å²) in [6.07, 6.45) is 1.45. The van der Waals surface area contributed by atoms with E-state index in [4.69, 9.17) is 27.9 Å². The number of benzene rings is 1. The smallest absolute Gasteiger partial charge is 0.242 e. The third-order valence-corrected chi connectivity index (χ3v) is 8.25. The van der Waals surface area contributed by atoms with Gasteiger partial charge in [0.05, 0.1) is 4.90 Å². The van der Waals surface area contributed by atoms with Crippen LogP contribution in [0.5, 0.6) is 0 Å². The van der Waals surface area contributed by atoms with Gasteiger partial charge in [-0.3, -0.25) is 0 Å². The van der Waals surface area contributed by atoms with Gasteiger partial charge in [-0.05, 0) is 37.5 Å². The molecule has 2 aliphatic rings. The van der Waals surface area contributed by atoms with E-state index >= 15 is 0 Å². The van der Waals surface area contributed by atoms with Crippen LogP contribution in [0.1, 0.15) is 18.4 Å². The zero-order valence-corrected chi connectivity index (χ0v) is 21.8. The first kappa shape index (κ1) is 26.4. The monoisotopic (exact) mass is 519 g/mol. The minimum atomic E-state index is -3.62. The lowest BCUT2D eigenvalue weighted by molar-refractivity contribution is 0.441. The maximum Gasteiger partial charge on any atom is 0.242 e. The van der Waals surface area contributed by atoms with E-state index in [0.29, 0.717) is 43.8 Å². The first-order chi connectivity index (χ1) is 16.9. The molecule has 0 bridgehead atoms. The molecule has 0 amide bonds. The predicted molar refractivity (Wildman–Crippen MR) is 141 cm³/mol. The summed E-state index contributed by atoms with van der Waals surface area (Å²) in [5, 5.41) is 3.20. The average Bonchev–Trinajstić information content (AvgIpc) is 2.79. The fourth-order valence-electron chi connectivity index (χ4n) is 4.60. The van der Waals surface area contributed by atoms with Crippen molar-refractivity contribution < 1.29 is 8.42 Å². The number of nitrogens with two attached hydrogens (primary N) is 4. The summed E-state index contributed by atoms with van der Waals surface area (Å²) < 4.78 is 26.5. The maximum absolute atomic E-state index is 12.7. The van der Waals surface area contributed by atoms with Crippen LogP contribution in [0.2, 0.25) is 0 Å². The lowest BCUT2D eigenvalue weighted by Gasteiger charge is -2.37. The molecule has 9 N–H and O–H groups in total. The van der Waals surface area contributed by atoms with Gasteiger partial charge in [0.2, 0.25) is 27.9 Å². The Hall–Kier alpha value is -2.62. The summed E-state index contributed by atoms with van der Waals surface area (Å²) >= 11 is 0. The van der Waals surface area contributed by atoms with Crippen LogP contribution in [0, 0.1) is 6.92 Å². The molecule has 0 unspecified atom stereocenters. The van der Waals surface area contributed by atoms with Gasteiger partial charge in [0.1, 0.15) is 0 Å². The molecule has 13 nitrogen and oxygen atoms in total. The van der Waals surface area contributed by atoms with Crippen LogP contribution in [-0.4, -0.2) is 92.1 Å². The first-order valence-electron chi connectivity index (χ1n) is 12.0. The third kappa shape index (κ3) is 5.85. The van der Waals surface area contributed by atoms with Gasteiger partial charge in [0.15, 0.2) is 0 Å². The molecular weight excluding hydrogens is 482 g/mol. The summed E-state index contributed by atoms with van der Waals surface area (Å²) in [5.74, 6) is 1.16. The Morgan fingerprint density at radius 3 is 1.78 bits per heavy atom. The second kappa shape index (κ2) is 10.4. The highest BCUT2D eigenvalue weighted by Gasteiger charge is 2.29. The van der Waals surface area contributed by atoms with Crippen molar-refractivity contribution in [2.24, 2.45) is 22.9 Å². The number of rotatable bonds is 6. The zero-order valence-electron chi connectivity index (χ0n) is 21.0. The lowest BCUT2D eigenvalue weighted by Crippen LogP contribution is -2.54. The van der Waals surface area contributed by atoms with Crippen LogP contribution in [0.15, 0.2) is 23.1 Å². The Bertz CT molecular complexity index is 1130. The summed E-state index contributed by atoms with van der Waals surface area (Å²) in [6, 6.07) is 4.50. The number of nitrogens with one attached hydrogen (secondary N) is 1. The van der Waals surface area contributed by atoms with Gasteiger partial charge in [0.25, 0.3) is 0 Å². The molecule has 0 radical (unpaired) electrons. The van der Waals surface area contributed by atoms with Crippen LogP contribution in [-0.2, 0) is 10.0 Å². The molecule has 2 fully saturated rings. The molecule has 198 valence electrons. The van der Waals surface area contributed by atoms with E-state index in [1.54, 1.807) is 18.2 Å². The van der Waals surface area contributed by atoms with E-state index in [-0.39, 0.29) is 35.0 Å². The molecule has 1 aromatic heterocycles. The second-order valence-corrected chi connectivity index (χ2v) is 12.1. The minimum Gasteiger partial charge on any atom is -0.338 e. The van der Waals surface area contributed by atoms with Gasteiger partial charge >= 0.3 is 0 Å². The molecule has 2 aromatic rings. The van der Waals surface area contributed by atoms with Gasteiger partial charge in [-0.2, -0.15) is 15.0 Å². The first-order valence-corrected chi connectivity index (χ1v) is 13.4. The van der Waals surface area contributed by atoms with E-state index in [1.165, 1.54) is 18.4 Å². The van der Waals surface area contributed by atoms with Crippen LogP contribution >= 0.6 is 0 Å². The normalized spacial score (nSPS) is 25.3. The van der Waals surface area contributed by atoms with Crippen LogP contribution in [0.4, 0.5) is 23.5 Å². The number of sulfonamides is 1. The van der Waals surface area contributed by atoms with Gasteiger partial charge in [-0.15, -0.1) is 0 Å². The van der Waals surface area contributed by atoms with Crippen molar-refractivity contribution in [1.29, 1.82) is 0 Å². The maximum atomic E-state index is 12.7. The van der Waals surface area contributed by atoms with Crippen molar-refractivity contribution in [1.82, 2.24) is 19.3 Å². The summed E-state index contributed by atoms with van der Waals surface area (Å²) in [6.45, 7) is 4.12. The topological polar surface area (TPSA) is 199 Å². The Kier molecular flexibility index (Phi) is 7.64. The van der Waals surface area contributed by atoms with E-state index < -0.39 is 10.0 Å². The number of anilines is 4. The molecule has 0 saturated carbocycles. The van der Waals surface area contributed by atoms with Crippen molar-refractivity contribution in [2.75, 3.05) is 55.4 Å². The Morgan fingerprint density at radius 1 is 0.861 bits per heavy atom. The molecule has 14 heteroatoms. The molecular formula is C22H37N11O2S. The SMILES string of the molecule is Cc1ccc(S(=O)(=O)N(C)C)cc1Nc1nc(N2C[C@H](N)C[C@H](N)C2)nc(N2C[C@H](N)C[C@H](N)C2)n1. The molecule has 4 rings (SSSR count). The Labute approximate surface area is 212 Å². The highest BCUT2D eigenvalue weighted by Crippen LogP contribution is 2.27. The zero-order chi connectivity index (χ0) is 26.2. The highest BCUT2D eigenvalue weighted by atomic mass is 32.2. The van der Waals surface area contributed by atoms with Crippen molar-refractivity contribution in [3.8, 4) is 0 Å². The minimum absolute atomic E-state index is 0.0997. The van der Waals surface area contributed by atoms with Crippen LogP contribution < -0.4 is 38.1 Å². The van der Waals surface area contributed by atoms with Crippen molar-refractivity contribution in [3.05, 3.63) is 23.8 Å². The fourth-order valence-corrected chi connectivity index (χ4v) is 5.53. The quantitative estimate of drug-likeness (QED) is 0.309. The van der Waals surface area contributed by atoms with E-state index in [1.807, 2.05) is 16.7 Å². The molecule has 4 atom stereocenters. The number of nitrogens with zero attached hydrogens (tertiary/aromatic N) is 6. The summed E-state index contributed by atoms with van der Waals surface area (Å²) in [4.78, 5) is 18.1. The van der Waals surface area contributed by atoms with E-state index in [2.05, 4.69) is 15.3 Å².